The summed E-state index contributed by atoms with van der Waals surface area (Å²) in [6.07, 6.45) is -4.05. The standard InChI is InChI=1S/C22H26F3N3O6/c1-12-18-17(34-20(12)21(29)26-7-13-10-30-2-4-32-13)6-16(22(23,24)25)15-9-28(27-19(15)18)8-14-11-31-3-5-33-14/h9,13-14,16H,2-8,10-11H2,1H3,(H,26,29)/t13-,14+,16+/m1/s1. The minimum atomic E-state index is -4.49. The number of rotatable bonds is 5. The average molecular weight is 485 g/mol. The quantitative estimate of drug-likeness (QED) is 0.694. The predicted octanol–water partition coefficient (Wildman–Crippen LogP) is 2.21. The number of furan rings is 1. The SMILES string of the molecule is Cc1c(C(=O)NC[C@@H]2COCCO2)oc2c1-c1nn(C[C@H]3COCCO3)cc1[C@@H](C(F)(F)F)C2. The van der Waals surface area contributed by atoms with Crippen LogP contribution in [0.3, 0.4) is 0 Å². The summed E-state index contributed by atoms with van der Waals surface area (Å²) in [7, 11) is 0. The Morgan fingerprint density at radius 2 is 1.85 bits per heavy atom. The summed E-state index contributed by atoms with van der Waals surface area (Å²) in [4.78, 5) is 12.8. The monoisotopic (exact) mass is 485 g/mol. The molecule has 4 heterocycles. The topological polar surface area (TPSA) is 97.0 Å². The van der Waals surface area contributed by atoms with Crippen LogP contribution >= 0.6 is 0 Å². The van der Waals surface area contributed by atoms with E-state index in [-0.39, 0.29) is 48.1 Å². The molecule has 0 spiro atoms. The minimum absolute atomic E-state index is 0.0194. The van der Waals surface area contributed by atoms with Crippen molar-refractivity contribution in [2.24, 2.45) is 0 Å². The number of carbonyl (C=O) groups is 1. The molecule has 2 fully saturated rings. The summed E-state index contributed by atoms with van der Waals surface area (Å²) in [6.45, 7) is 4.70. The molecule has 0 aromatic carbocycles. The third-order valence-electron chi connectivity index (χ3n) is 6.26. The van der Waals surface area contributed by atoms with E-state index in [1.54, 1.807) is 6.92 Å². The van der Waals surface area contributed by atoms with E-state index in [0.29, 0.717) is 50.8 Å². The zero-order valence-electron chi connectivity index (χ0n) is 18.7. The molecule has 2 aliphatic heterocycles. The number of nitrogens with one attached hydrogen (secondary N) is 1. The number of aromatic nitrogens is 2. The van der Waals surface area contributed by atoms with Crippen molar-refractivity contribution in [2.75, 3.05) is 46.2 Å². The molecule has 1 aliphatic carbocycles. The molecule has 3 atom stereocenters. The summed E-state index contributed by atoms with van der Waals surface area (Å²) in [5, 5.41) is 7.18. The van der Waals surface area contributed by atoms with Crippen molar-refractivity contribution in [3.8, 4) is 11.3 Å². The van der Waals surface area contributed by atoms with E-state index in [0.717, 1.165) is 0 Å². The van der Waals surface area contributed by atoms with Crippen LogP contribution in [-0.4, -0.2) is 80.3 Å². The lowest BCUT2D eigenvalue weighted by Crippen LogP contribution is -2.39. The Labute approximate surface area is 193 Å². The summed E-state index contributed by atoms with van der Waals surface area (Å²) in [6, 6.07) is 0. The van der Waals surface area contributed by atoms with Gasteiger partial charge < -0.3 is 28.7 Å². The Hall–Kier alpha value is -2.41. The van der Waals surface area contributed by atoms with E-state index < -0.39 is 24.4 Å². The largest absolute Gasteiger partial charge is 0.455 e. The van der Waals surface area contributed by atoms with Crippen molar-refractivity contribution in [3.63, 3.8) is 0 Å². The van der Waals surface area contributed by atoms with Gasteiger partial charge in [0.25, 0.3) is 5.91 Å². The molecule has 2 aromatic rings. The first-order chi connectivity index (χ1) is 16.3. The zero-order valence-corrected chi connectivity index (χ0v) is 18.7. The maximum absolute atomic E-state index is 13.9. The Morgan fingerprint density at radius 3 is 2.50 bits per heavy atom. The second-order valence-electron chi connectivity index (χ2n) is 8.65. The summed E-state index contributed by atoms with van der Waals surface area (Å²) < 4.78 is 70.8. The molecule has 0 radical (unpaired) electrons. The highest BCUT2D eigenvalue weighted by molar-refractivity contribution is 5.95. The van der Waals surface area contributed by atoms with Crippen LogP contribution in [0, 0.1) is 6.92 Å². The maximum Gasteiger partial charge on any atom is 0.396 e. The van der Waals surface area contributed by atoms with Crippen molar-refractivity contribution in [1.82, 2.24) is 15.1 Å². The van der Waals surface area contributed by atoms with E-state index in [2.05, 4.69) is 10.4 Å². The molecule has 5 rings (SSSR count). The van der Waals surface area contributed by atoms with Crippen LogP contribution in [0.15, 0.2) is 10.6 Å². The molecule has 3 aliphatic rings. The molecule has 0 bridgehead atoms. The number of halogens is 3. The molecule has 1 amide bonds. The number of hydrogen-bond acceptors (Lipinski definition) is 7. The van der Waals surface area contributed by atoms with E-state index in [4.69, 9.17) is 23.4 Å². The Balaban J connectivity index is 1.42. The van der Waals surface area contributed by atoms with Crippen LogP contribution in [-0.2, 0) is 31.9 Å². The van der Waals surface area contributed by atoms with E-state index in [9.17, 15) is 18.0 Å². The first-order valence-corrected chi connectivity index (χ1v) is 11.2. The normalized spacial score (nSPS) is 25.0. The fourth-order valence-electron chi connectivity index (χ4n) is 4.60. The molecule has 1 N–H and O–H groups in total. The van der Waals surface area contributed by atoms with Gasteiger partial charge in [-0.1, -0.05) is 0 Å². The summed E-state index contributed by atoms with van der Waals surface area (Å²) in [5.41, 5.74) is 1.15. The van der Waals surface area contributed by atoms with E-state index in [1.807, 2.05) is 0 Å². The van der Waals surface area contributed by atoms with Gasteiger partial charge in [0, 0.05) is 35.9 Å². The highest BCUT2D eigenvalue weighted by Gasteiger charge is 2.48. The number of ether oxygens (including phenoxy) is 4. The first kappa shape index (κ1) is 23.3. The van der Waals surface area contributed by atoms with Crippen LogP contribution in [0.25, 0.3) is 11.3 Å². The van der Waals surface area contributed by atoms with Crippen molar-refractivity contribution in [1.29, 1.82) is 0 Å². The van der Waals surface area contributed by atoms with Gasteiger partial charge >= 0.3 is 6.18 Å². The van der Waals surface area contributed by atoms with Crippen molar-refractivity contribution in [3.05, 3.63) is 28.8 Å². The van der Waals surface area contributed by atoms with Gasteiger partial charge in [0.2, 0.25) is 0 Å². The summed E-state index contributed by atoms with van der Waals surface area (Å²) >= 11 is 0. The lowest BCUT2D eigenvalue weighted by molar-refractivity contribution is -0.151. The molecule has 12 heteroatoms. The van der Waals surface area contributed by atoms with Gasteiger partial charge in [-0.15, -0.1) is 0 Å². The Bertz CT molecular complexity index is 1040. The molecule has 2 saturated heterocycles. The maximum atomic E-state index is 13.9. The smallest absolute Gasteiger partial charge is 0.396 e. The molecule has 0 saturated carbocycles. The van der Waals surface area contributed by atoms with Crippen molar-refractivity contribution >= 4 is 5.91 Å². The van der Waals surface area contributed by atoms with Gasteiger partial charge in [-0.2, -0.15) is 18.3 Å². The predicted molar refractivity (Wildman–Crippen MR) is 111 cm³/mol. The number of amides is 1. The van der Waals surface area contributed by atoms with Crippen LogP contribution in [0.1, 0.15) is 33.4 Å². The lowest BCUT2D eigenvalue weighted by Gasteiger charge is -2.23. The van der Waals surface area contributed by atoms with Crippen LogP contribution in [0.2, 0.25) is 0 Å². The number of fused-ring (bicyclic) bond motifs is 3. The molecule has 2 aromatic heterocycles. The molecular weight excluding hydrogens is 459 g/mol. The third-order valence-corrected chi connectivity index (χ3v) is 6.26. The fraction of sp³-hybridized carbons (Fsp3) is 0.636. The van der Waals surface area contributed by atoms with Crippen molar-refractivity contribution in [2.45, 2.75) is 44.2 Å². The zero-order chi connectivity index (χ0) is 23.9. The van der Waals surface area contributed by atoms with Gasteiger partial charge in [0.15, 0.2) is 5.76 Å². The highest BCUT2D eigenvalue weighted by atomic mass is 19.4. The highest BCUT2D eigenvalue weighted by Crippen LogP contribution is 2.48. The summed E-state index contributed by atoms with van der Waals surface area (Å²) in [5.74, 6) is -2.20. The van der Waals surface area contributed by atoms with E-state index >= 15 is 0 Å². The third kappa shape index (κ3) is 4.59. The molecular formula is C22H26F3N3O6. The minimum Gasteiger partial charge on any atom is -0.455 e. The Morgan fingerprint density at radius 1 is 1.15 bits per heavy atom. The second kappa shape index (κ2) is 9.33. The fourth-order valence-corrected chi connectivity index (χ4v) is 4.60. The van der Waals surface area contributed by atoms with E-state index in [1.165, 1.54) is 10.9 Å². The van der Waals surface area contributed by atoms with Crippen LogP contribution in [0.4, 0.5) is 13.2 Å². The van der Waals surface area contributed by atoms with Gasteiger partial charge in [0.1, 0.15) is 11.9 Å². The van der Waals surface area contributed by atoms with Gasteiger partial charge in [-0.25, -0.2) is 0 Å². The lowest BCUT2D eigenvalue weighted by atomic mass is 9.84. The molecule has 34 heavy (non-hydrogen) atoms. The number of alkyl halides is 3. The molecule has 186 valence electrons. The van der Waals surface area contributed by atoms with Gasteiger partial charge in [-0.05, 0) is 6.92 Å². The van der Waals surface area contributed by atoms with Gasteiger partial charge in [-0.3, -0.25) is 9.48 Å². The number of carbonyl (C=O) groups excluding carboxylic acids is 1. The van der Waals surface area contributed by atoms with Crippen LogP contribution < -0.4 is 5.32 Å². The number of nitrogens with zero attached hydrogens (tertiary/aromatic N) is 2. The molecule has 9 nitrogen and oxygen atoms in total. The van der Waals surface area contributed by atoms with Gasteiger partial charge in [0.05, 0.1) is 63.9 Å². The second-order valence-corrected chi connectivity index (χ2v) is 8.65. The van der Waals surface area contributed by atoms with Crippen LogP contribution in [0.5, 0.6) is 0 Å². The Kier molecular flexibility index (Phi) is 6.40. The first-order valence-electron chi connectivity index (χ1n) is 11.2. The average Bonchev–Trinajstić information content (AvgIpc) is 3.38. The van der Waals surface area contributed by atoms with Crippen molar-refractivity contribution < 1.29 is 41.3 Å². The molecule has 0 unspecified atom stereocenters. The number of hydrogen-bond donors (Lipinski definition) is 1.